The SMILES string of the molecule is N#Cc1cccc(CC(=O)N2C[C@H](F)C[C@H]2C(=O)Nc2cccc(-c3ccccc3Cl)c2F)c1. The van der Waals surface area contributed by atoms with Gasteiger partial charge in [0.15, 0.2) is 5.82 Å². The summed E-state index contributed by atoms with van der Waals surface area (Å²) in [6, 6.07) is 18.7. The molecule has 2 amide bonds. The van der Waals surface area contributed by atoms with Gasteiger partial charge in [-0.15, -0.1) is 0 Å². The highest BCUT2D eigenvalue weighted by atomic mass is 35.5. The van der Waals surface area contributed by atoms with Crippen molar-refractivity contribution in [2.75, 3.05) is 11.9 Å². The van der Waals surface area contributed by atoms with Crippen molar-refractivity contribution in [2.45, 2.75) is 25.1 Å². The van der Waals surface area contributed by atoms with Gasteiger partial charge in [-0.05, 0) is 29.8 Å². The van der Waals surface area contributed by atoms with Crippen molar-refractivity contribution in [3.8, 4) is 17.2 Å². The Labute approximate surface area is 200 Å². The van der Waals surface area contributed by atoms with Gasteiger partial charge in [0.2, 0.25) is 11.8 Å². The van der Waals surface area contributed by atoms with Crippen molar-refractivity contribution in [1.29, 1.82) is 5.26 Å². The molecule has 0 bridgehead atoms. The summed E-state index contributed by atoms with van der Waals surface area (Å²) in [5.74, 6) is -1.79. The second-order valence-corrected chi connectivity index (χ2v) is 8.43. The lowest BCUT2D eigenvalue weighted by Crippen LogP contribution is -2.44. The summed E-state index contributed by atoms with van der Waals surface area (Å²) in [7, 11) is 0. The molecule has 4 rings (SSSR count). The van der Waals surface area contributed by atoms with Crippen LogP contribution in [0.4, 0.5) is 14.5 Å². The van der Waals surface area contributed by atoms with Crippen LogP contribution in [-0.4, -0.2) is 35.5 Å². The number of amides is 2. The highest BCUT2D eigenvalue weighted by Crippen LogP contribution is 2.33. The maximum absolute atomic E-state index is 15.2. The Morgan fingerprint density at radius 3 is 2.59 bits per heavy atom. The molecule has 8 heteroatoms. The molecule has 1 N–H and O–H groups in total. The third kappa shape index (κ3) is 4.92. The summed E-state index contributed by atoms with van der Waals surface area (Å²) in [4.78, 5) is 27.0. The molecule has 172 valence electrons. The smallest absolute Gasteiger partial charge is 0.247 e. The molecule has 5 nitrogen and oxygen atoms in total. The van der Waals surface area contributed by atoms with Gasteiger partial charge in [-0.3, -0.25) is 9.59 Å². The molecule has 1 saturated heterocycles. The lowest BCUT2D eigenvalue weighted by molar-refractivity contribution is -0.136. The molecular formula is C26H20ClF2N3O2. The number of nitrogens with one attached hydrogen (secondary N) is 1. The number of nitriles is 1. The predicted octanol–water partition coefficient (Wildman–Crippen LogP) is 5.14. The Bertz CT molecular complexity index is 1290. The van der Waals surface area contributed by atoms with Gasteiger partial charge in [-0.2, -0.15) is 5.26 Å². The second-order valence-electron chi connectivity index (χ2n) is 8.02. The first kappa shape index (κ1) is 23.4. The molecule has 34 heavy (non-hydrogen) atoms. The topological polar surface area (TPSA) is 73.2 Å². The molecule has 0 unspecified atom stereocenters. The molecular weight excluding hydrogens is 460 g/mol. The molecule has 1 fully saturated rings. The fourth-order valence-corrected chi connectivity index (χ4v) is 4.31. The number of alkyl halides is 1. The summed E-state index contributed by atoms with van der Waals surface area (Å²) in [5.41, 5.74) is 1.59. The zero-order valence-corrected chi connectivity index (χ0v) is 18.7. The maximum atomic E-state index is 15.2. The standard InChI is InChI=1S/C26H20ClF2N3O2/c27-21-9-2-1-7-19(21)20-8-4-10-22(25(20)29)31-26(34)23-13-18(28)15-32(23)24(33)12-16-5-3-6-17(11-16)14-30/h1-11,18,23H,12-13,15H2,(H,31,34)/t18-,23+/m1/s1. The van der Waals surface area contributed by atoms with E-state index < -0.39 is 29.8 Å². The van der Waals surface area contributed by atoms with Crippen LogP contribution in [0.2, 0.25) is 5.02 Å². The molecule has 3 aromatic rings. The number of carbonyl (C=O) groups excluding carboxylic acids is 2. The maximum Gasteiger partial charge on any atom is 0.247 e. The minimum Gasteiger partial charge on any atom is -0.327 e. The van der Waals surface area contributed by atoms with Crippen LogP contribution in [0.5, 0.6) is 0 Å². The Hall–Kier alpha value is -3.76. The van der Waals surface area contributed by atoms with Gasteiger partial charge < -0.3 is 10.2 Å². The number of nitrogens with zero attached hydrogens (tertiary/aromatic N) is 2. The fourth-order valence-electron chi connectivity index (χ4n) is 4.07. The number of likely N-dealkylation sites (tertiary alicyclic amines) is 1. The second kappa shape index (κ2) is 10.0. The third-order valence-electron chi connectivity index (χ3n) is 5.71. The highest BCUT2D eigenvalue weighted by molar-refractivity contribution is 6.33. The van der Waals surface area contributed by atoms with E-state index in [1.165, 1.54) is 11.0 Å². The van der Waals surface area contributed by atoms with E-state index in [-0.39, 0.29) is 30.6 Å². The van der Waals surface area contributed by atoms with Crippen LogP contribution in [-0.2, 0) is 16.0 Å². The zero-order chi connectivity index (χ0) is 24.2. The van der Waals surface area contributed by atoms with E-state index in [9.17, 15) is 14.0 Å². The Morgan fingerprint density at radius 1 is 1.09 bits per heavy atom. The van der Waals surface area contributed by atoms with E-state index >= 15 is 4.39 Å². The number of hydrogen-bond acceptors (Lipinski definition) is 3. The van der Waals surface area contributed by atoms with Crippen LogP contribution < -0.4 is 5.32 Å². The molecule has 1 heterocycles. The van der Waals surface area contributed by atoms with E-state index in [4.69, 9.17) is 16.9 Å². The monoisotopic (exact) mass is 479 g/mol. The first-order chi connectivity index (χ1) is 16.4. The number of benzene rings is 3. The molecule has 0 aliphatic carbocycles. The summed E-state index contributed by atoms with van der Waals surface area (Å²) in [6.07, 6.45) is -1.63. The third-order valence-corrected chi connectivity index (χ3v) is 6.03. The van der Waals surface area contributed by atoms with Crippen molar-refractivity contribution < 1.29 is 18.4 Å². The average molecular weight is 480 g/mol. The summed E-state index contributed by atoms with van der Waals surface area (Å²) in [5, 5.41) is 11.9. The number of rotatable bonds is 5. The van der Waals surface area contributed by atoms with E-state index in [0.29, 0.717) is 21.7 Å². The number of carbonyl (C=O) groups is 2. The van der Waals surface area contributed by atoms with Crippen molar-refractivity contribution >= 4 is 29.1 Å². The van der Waals surface area contributed by atoms with Crippen LogP contribution in [0.15, 0.2) is 66.7 Å². The van der Waals surface area contributed by atoms with E-state index in [1.54, 1.807) is 60.7 Å². The van der Waals surface area contributed by atoms with Crippen LogP contribution in [0.3, 0.4) is 0 Å². The van der Waals surface area contributed by atoms with Gasteiger partial charge in [0, 0.05) is 22.6 Å². The van der Waals surface area contributed by atoms with E-state index in [2.05, 4.69) is 5.32 Å². The molecule has 0 spiro atoms. The summed E-state index contributed by atoms with van der Waals surface area (Å²) >= 11 is 6.19. The zero-order valence-electron chi connectivity index (χ0n) is 18.0. The minimum atomic E-state index is -1.37. The van der Waals surface area contributed by atoms with Crippen LogP contribution in [0.1, 0.15) is 17.5 Å². The Morgan fingerprint density at radius 2 is 1.82 bits per heavy atom. The van der Waals surface area contributed by atoms with Gasteiger partial charge in [-0.1, -0.05) is 54.1 Å². The van der Waals surface area contributed by atoms with Gasteiger partial charge in [0.25, 0.3) is 0 Å². The fraction of sp³-hybridized carbons (Fsp3) is 0.192. The van der Waals surface area contributed by atoms with E-state index in [0.717, 1.165) is 0 Å². The van der Waals surface area contributed by atoms with Gasteiger partial charge in [0.1, 0.15) is 12.2 Å². The Kier molecular flexibility index (Phi) is 6.90. The van der Waals surface area contributed by atoms with Crippen molar-refractivity contribution in [3.63, 3.8) is 0 Å². The molecule has 3 aromatic carbocycles. The highest BCUT2D eigenvalue weighted by Gasteiger charge is 2.40. The predicted molar refractivity (Wildman–Crippen MR) is 125 cm³/mol. The minimum absolute atomic E-state index is 0.0810. The molecule has 1 aliphatic rings. The van der Waals surface area contributed by atoms with Crippen LogP contribution >= 0.6 is 11.6 Å². The van der Waals surface area contributed by atoms with Gasteiger partial charge in [-0.25, -0.2) is 8.78 Å². The number of halogens is 3. The van der Waals surface area contributed by atoms with Crippen LogP contribution in [0, 0.1) is 17.1 Å². The number of anilines is 1. The number of hydrogen-bond donors (Lipinski definition) is 1. The average Bonchev–Trinajstić information content (AvgIpc) is 3.23. The van der Waals surface area contributed by atoms with Gasteiger partial charge >= 0.3 is 0 Å². The van der Waals surface area contributed by atoms with Crippen LogP contribution in [0.25, 0.3) is 11.1 Å². The first-order valence-corrected chi connectivity index (χ1v) is 11.0. The first-order valence-electron chi connectivity index (χ1n) is 10.6. The molecule has 1 aliphatic heterocycles. The molecule has 0 radical (unpaired) electrons. The molecule has 0 saturated carbocycles. The summed E-state index contributed by atoms with van der Waals surface area (Å²) in [6.45, 7) is -0.225. The molecule has 0 aromatic heterocycles. The van der Waals surface area contributed by atoms with Crippen molar-refractivity contribution in [3.05, 3.63) is 88.7 Å². The Balaban J connectivity index is 1.53. The lowest BCUT2D eigenvalue weighted by Gasteiger charge is -2.24. The normalized spacial score (nSPS) is 17.3. The quantitative estimate of drug-likeness (QED) is 0.551. The van der Waals surface area contributed by atoms with Gasteiger partial charge in [0.05, 0.1) is 30.3 Å². The largest absolute Gasteiger partial charge is 0.327 e. The van der Waals surface area contributed by atoms with E-state index in [1.807, 2.05) is 6.07 Å². The lowest BCUT2D eigenvalue weighted by atomic mass is 10.0. The van der Waals surface area contributed by atoms with Crippen molar-refractivity contribution in [1.82, 2.24) is 4.90 Å². The van der Waals surface area contributed by atoms with Crippen molar-refractivity contribution in [2.24, 2.45) is 0 Å². The summed E-state index contributed by atoms with van der Waals surface area (Å²) < 4.78 is 29.5. The molecule has 2 atom stereocenters.